The molecule has 0 bridgehead atoms. The van der Waals surface area contributed by atoms with Crippen LogP contribution in [-0.4, -0.2) is 30.4 Å². The van der Waals surface area contributed by atoms with E-state index in [0.717, 1.165) is 11.6 Å². The van der Waals surface area contributed by atoms with Gasteiger partial charge < -0.3 is 14.6 Å². The van der Waals surface area contributed by atoms with Crippen LogP contribution in [0.15, 0.2) is 54.1 Å². The lowest BCUT2D eigenvalue weighted by Crippen LogP contribution is -2.26. The largest absolute Gasteiger partial charge is 0.490 e. The molecule has 0 aliphatic heterocycles. The molecule has 0 radical (unpaired) electrons. The molecule has 0 aliphatic carbocycles. The summed E-state index contributed by atoms with van der Waals surface area (Å²) in [7, 11) is 0. The van der Waals surface area contributed by atoms with Crippen molar-refractivity contribution in [1.29, 1.82) is 0 Å². The highest BCUT2D eigenvalue weighted by Gasteiger charge is 2.17. The summed E-state index contributed by atoms with van der Waals surface area (Å²) in [6.45, 7) is 4.13. The number of carbonyl (C=O) groups is 1. The summed E-state index contributed by atoms with van der Waals surface area (Å²) in [6.07, 6.45) is 1.16. The number of halogens is 2. The maximum absolute atomic E-state index is 13.1. The average Bonchev–Trinajstić information content (AvgIpc) is 2.66. The second-order valence-corrected chi connectivity index (χ2v) is 6.24. The monoisotopic (exact) mass is 400 g/mol. The molecule has 1 unspecified atom stereocenters. The van der Waals surface area contributed by atoms with Gasteiger partial charge in [-0.05, 0) is 55.3 Å². The number of ether oxygens (including phenoxy) is 2. The van der Waals surface area contributed by atoms with Gasteiger partial charge >= 0.3 is 5.97 Å². The van der Waals surface area contributed by atoms with E-state index in [1.807, 2.05) is 0 Å². The highest BCUT2D eigenvalue weighted by atomic mass is 19.1. The SMILES string of the molecule is CCOC(Cc1ccc(OC/C=C(/C)C#Cc2cc(F)cc(F)c2)cc1)C(=O)O. The zero-order valence-corrected chi connectivity index (χ0v) is 16.2. The van der Waals surface area contributed by atoms with Crippen molar-refractivity contribution in [3.63, 3.8) is 0 Å². The summed E-state index contributed by atoms with van der Waals surface area (Å²) in [4.78, 5) is 11.1. The smallest absolute Gasteiger partial charge is 0.333 e. The Bertz CT molecular complexity index is 904. The number of hydrogen-bond donors (Lipinski definition) is 1. The minimum Gasteiger partial charge on any atom is -0.490 e. The molecule has 29 heavy (non-hydrogen) atoms. The van der Waals surface area contributed by atoms with Crippen LogP contribution in [-0.2, 0) is 16.0 Å². The van der Waals surface area contributed by atoms with Crippen LogP contribution in [0.5, 0.6) is 5.75 Å². The Hall–Kier alpha value is -3.17. The quantitative estimate of drug-likeness (QED) is 0.669. The van der Waals surface area contributed by atoms with Crippen LogP contribution in [0, 0.1) is 23.5 Å². The summed E-state index contributed by atoms with van der Waals surface area (Å²) in [5, 5.41) is 9.13. The molecule has 0 amide bonds. The lowest BCUT2D eigenvalue weighted by molar-refractivity contribution is -0.149. The second-order valence-electron chi connectivity index (χ2n) is 6.24. The summed E-state index contributed by atoms with van der Waals surface area (Å²) in [5.74, 6) is 3.83. The molecule has 2 rings (SSSR count). The number of allylic oxidation sites excluding steroid dienone is 1. The molecule has 0 saturated heterocycles. The first-order valence-electron chi connectivity index (χ1n) is 9.08. The standard InChI is InChI=1S/C23H22F2O4/c1-3-28-22(23(26)27)14-17-6-8-21(9-7-17)29-11-10-16(2)4-5-18-12-19(24)15-20(25)13-18/h6-10,12-13,15,22H,3,11,14H2,1-2H3,(H,26,27)/b16-10-. The minimum absolute atomic E-state index is 0.262. The Morgan fingerprint density at radius 1 is 1.17 bits per heavy atom. The predicted octanol–water partition coefficient (Wildman–Crippen LogP) is 4.37. The maximum atomic E-state index is 13.1. The maximum Gasteiger partial charge on any atom is 0.333 e. The molecule has 0 heterocycles. The van der Waals surface area contributed by atoms with Crippen molar-refractivity contribution in [2.75, 3.05) is 13.2 Å². The van der Waals surface area contributed by atoms with Crippen molar-refractivity contribution in [2.45, 2.75) is 26.4 Å². The molecule has 0 aliphatic rings. The molecule has 1 atom stereocenters. The molecule has 1 N–H and O–H groups in total. The molecule has 0 saturated carbocycles. The van der Waals surface area contributed by atoms with E-state index in [1.54, 1.807) is 44.2 Å². The number of benzene rings is 2. The van der Waals surface area contributed by atoms with Crippen LogP contribution in [0.3, 0.4) is 0 Å². The first-order chi connectivity index (χ1) is 13.9. The fourth-order valence-electron chi connectivity index (χ4n) is 2.47. The van der Waals surface area contributed by atoms with Crippen molar-refractivity contribution in [3.8, 4) is 17.6 Å². The number of hydrogen-bond acceptors (Lipinski definition) is 3. The third-order valence-corrected chi connectivity index (χ3v) is 3.89. The predicted molar refractivity (Wildman–Crippen MR) is 106 cm³/mol. The normalized spacial score (nSPS) is 12.1. The highest BCUT2D eigenvalue weighted by Crippen LogP contribution is 2.15. The molecule has 2 aromatic carbocycles. The Morgan fingerprint density at radius 3 is 2.41 bits per heavy atom. The number of carboxylic acids is 1. The van der Waals surface area contributed by atoms with Gasteiger partial charge in [-0.15, -0.1) is 0 Å². The van der Waals surface area contributed by atoms with E-state index in [-0.39, 0.29) is 18.6 Å². The molecular formula is C23H22F2O4. The molecule has 0 fully saturated rings. The third-order valence-electron chi connectivity index (χ3n) is 3.89. The van der Waals surface area contributed by atoms with E-state index in [0.29, 0.717) is 17.9 Å². The molecule has 2 aromatic rings. The van der Waals surface area contributed by atoms with Crippen LogP contribution in [0.25, 0.3) is 0 Å². The molecule has 4 nitrogen and oxygen atoms in total. The van der Waals surface area contributed by atoms with Gasteiger partial charge in [0.25, 0.3) is 0 Å². The van der Waals surface area contributed by atoms with Gasteiger partial charge in [-0.2, -0.15) is 0 Å². The summed E-state index contributed by atoms with van der Waals surface area (Å²) >= 11 is 0. The Kier molecular flexibility index (Phi) is 8.38. The van der Waals surface area contributed by atoms with E-state index >= 15 is 0 Å². The zero-order chi connectivity index (χ0) is 21.2. The van der Waals surface area contributed by atoms with Gasteiger partial charge in [0, 0.05) is 24.7 Å². The fourth-order valence-corrected chi connectivity index (χ4v) is 2.47. The van der Waals surface area contributed by atoms with Crippen molar-refractivity contribution in [1.82, 2.24) is 0 Å². The molecule has 0 spiro atoms. The lowest BCUT2D eigenvalue weighted by Gasteiger charge is -2.12. The average molecular weight is 400 g/mol. The lowest BCUT2D eigenvalue weighted by atomic mass is 10.1. The van der Waals surface area contributed by atoms with Crippen molar-refractivity contribution >= 4 is 5.97 Å². The van der Waals surface area contributed by atoms with E-state index < -0.39 is 23.7 Å². The van der Waals surface area contributed by atoms with Gasteiger partial charge in [-0.3, -0.25) is 0 Å². The summed E-state index contributed by atoms with van der Waals surface area (Å²) < 4.78 is 37.1. The van der Waals surface area contributed by atoms with Crippen molar-refractivity contribution in [2.24, 2.45) is 0 Å². The van der Waals surface area contributed by atoms with E-state index in [9.17, 15) is 13.6 Å². The first kappa shape index (κ1) is 22.1. The van der Waals surface area contributed by atoms with Crippen molar-refractivity contribution < 1.29 is 28.2 Å². The topological polar surface area (TPSA) is 55.8 Å². The highest BCUT2D eigenvalue weighted by molar-refractivity contribution is 5.72. The number of rotatable bonds is 8. The Labute approximate surface area is 168 Å². The number of carboxylic acid groups (broad SMARTS) is 1. The Balaban J connectivity index is 1.89. The van der Waals surface area contributed by atoms with E-state index in [4.69, 9.17) is 14.6 Å². The minimum atomic E-state index is -0.991. The van der Waals surface area contributed by atoms with Gasteiger partial charge in [0.15, 0.2) is 6.10 Å². The van der Waals surface area contributed by atoms with Crippen molar-refractivity contribution in [3.05, 3.63) is 76.9 Å². The zero-order valence-electron chi connectivity index (χ0n) is 16.2. The van der Waals surface area contributed by atoms with Gasteiger partial charge in [-0.1, -0.05) is 24.0 Å². The fraction of sp³-hybridized carbons (Fsp3) is 0.261. The molecule has 0 aromatic heterocycles. The van der Waals surface area contributed by atoms with Crippen LogP contribution in [0.2, 0.25) is 0 Å². The second kappa shape index (κ2) is 11.0. The van der Waals surface area contributed by atoms with Gasteiger partial charge in [0.05, 0.1) is 0 Å². The Morgan fingerprint density at radius 2 is 1.83 bits per heavy atom. The third kappa shape index (κ3) is 7.76. The number of aliphatic carboxylic acids is 1. The summed E-state index contributed by atoms with van der Waals surface area (Å²) in [6, 6.07) is 10.2. The van der Waals surface area contributed by atoms with Gasteiger partial charge in [0.1, 0.15) is 24.0 Å². The molecular weight excluding hydrogens is 378 g/mol. The molecule has 152 valence electrons. The van der Waals surface area contributed by atoms with Gasteiger partial charge in [-0.25, -0.2) is 13.6 Å². The van der Waals surface area contributed by atoms with Crippen LogP contribution >= 0.6 is 0 Å². The van der Waals surface area contributed by atoms with Crippen LogP contribution < -0.4 is 4.74 Å². The van der Waals surface area contributed by atoms with E-state index in [1.165, 1.54) is 12.1 Å². The van der Waals surface area contributed by atoms with Crippen LogP contribution in [0.1, 0.15) is 25.0 Å². The van der Waals surface area contributed by atoms with Gasteiger partial charge in [0.2, 0.25) is 0 Å². The summed E-state index contributed by atoms with van der Waals surface area (Å²) in [5.41, 5.74) is 1.80. The van der Waals surface area contributed by atoms with Crippen LogP contribution in [0.4, 0.5) is 8.78 Å². The molecule has 6 heteroatoms. The first-order valence-corrected chi connectivity index (χ1v) is 9.08. The van der Waals surface area contributed by atoms with E-state index in [2.05, 4.69) is 11.8 Å².